The van der Waals surface area contributed by atoms with Gasteiger partial charge in [-0.1, -0.05) is 107 Å². The molecule has 0 fully saturated rings. The van der Waals surface area contributed by atoms with E-state index in [1.54, 1.807) is 0 Å². The summed E-state index contributed by atoms with van der Waals surface area (Å²) in [6.07, 6.45) is 0. The van der Waals surface area contributed by atoms with E-state index in [2.05, 4.69) is 126 Å². The maximum Gasteiger partial charge on any atom is 0.0662 e. The fourth-order valence-corrected chi connectivity index (χ4v) is 11.7. The van der Waals surface area contributed by atoms with Gasteiger partial charge in [-0.15, -0.1) is 11.3 Å². The second-order valence-corrected chi connectivity index (χ2v) is 16.1. The molecule has 0 spiro atoms. The van der Waals surface area contributed by atoms with Gasteiger partial charge in [0.2, 0.25) is 0 Å². The molecule has 0 amide bonds. The van der Waals surface area contributed by atoms with Crippen molar-refractivity contribution in [1.29, 1.82) is 0 Å². The van der Waals surface area contributed by atoms with Gasteiger partial charge in [-0.25, -0.2) is 0 Å². The molecule has 2 aliphatic heterocycles. The first-order chi connectivity index (χ1) is 21.2. The van der Waals surface area contributed by atoms with E-state index >= 15 is 0 Å². The fraction of sp³-hybridized carbons (Fsp3) is 0. The number of anilines is 3. The Morgan fingerprint density at radius 1 is 0.442 bits per heavy atom. The number of halogens is 1. The maximum atomic E-state index is 7.27. The summed E-state index contributed by atoms with van der Waals surface area (Å²) < 4.78 is 2.51. The highest BCUT2D eigenvalue weighted by atomic mass is 35.5. The Labute approximate surface area is 275 Å². The lowest BCUT2D eigenvalue weighted by Crippen LogP contribution is -2.13. The van der Waals surface area contributed by atoms with Crippen LogP contribution in [0.4, 0.5) is 17.1 Å². The molecule has 0 saturated carbocycles. The van der Waals surface area contributed by atoms with Crippen LogP contribution in [0.2, 0.25) is 5.02 Å². The van der Waals surface area contributed by atoms with Crippen molar-refractivity contribution in [2.75, 3.05) is 4.90 Å². The quantitative estimate of drug-likeness (QED) is 0.185. The second-order valence-electron chi connectivity index (χ2n) is 10.3. The van der Waals surface area contributed by atoms with Crippen LogP contribution in [-0.4, -0.2) is 0 Å². The van der Waals surface area contributed by atoms with Crippen LogP contribution < -0.4 is 4.90 Å². The van der Waals surface area contributed by atoms with E-state index in [1.165, 1.54) is 59.3 Å². The van der Waals surface area contributed by atoms with Gasteiger partial charge in [-0.2, -0.15) is 0 Å². The topological polar surface area (TPSA) is 3.24 Å². The van der Waals surface area contributed by atoms with Gasteiger partial charge in [0.1, 0.15) is 0 Å². The van der Waals surface area contributed by atoms with Crippen molar-refractivity contribution in [3.05, 3.63) is 126 Å². The largest absolute Gasteiger partial charge is 0.308 e. The van der Waals surface area contributed by atoms with Crippen molar-refractivity contribution in [3.63, 3.8) is 0 Å². The number of rotatable bonds is 3. The van der Waals surface area contributed by atoms with Gasteiger partial charge in [0.15, 0.2) is 0 Å². The van der Waals surface area contributed by atoms with E-state index in [4.69, 9.17) is 11.6 Å². The van der Waals surface area contributed by atoms with Crippen LogP contribution >= 0.6 is 70.0 Å². The van der Waals surface area contributed by atoms with Crippen LogP contribution in [0.25, 0.3) is 20.2 Å². The molecule has 7 aromatic rings. The van der Waals surface area contributed by atoms with Gasteiger partial charge in [-0.3, -0.25) is 0 Å². The van der Waals surface area contributed by atoms with E-state index in [9.17, 15) is 0 Å². The minimum absolute atomic E-state index is 0.743. The third-order valence-electron chi connectivity index (χ3n) is 7.64. The van der Waals surface area contributed by atoms with Crippen molar-refractivity contribution in [3.8, 4) is 0 Å². The molecule has 0 N–H and O–H groups in total. The molecule has 0 saturated heterocycles. The van der Waals surface area contributed by atoms with Crippen molar-refractivity contribution in [2.45, 2.75) is 39.2 Å². The van der Waals surface area contributed by atoms with E-state index < -0.39 is 0 Å². The van der Waals surface area contributed by atoms with Crippen LogP contribution in [0.3, 0.4) is 0 Å². The Bertz CT molecular complexity index is 2240. The molecule has 0 radical (unpaired) electrons. The molecular weight excluding hydrogens is 642 g/mol. The third kappa shape index (κ3) is 4.50. The first-order valence-electron chi connectivity index (χ1n) is 13.8. The number of hydrogen-bond acceptors (Lipinski definition) is 6. The number of thiophene rings is 1. The Kier molecular flexibility index (Phi) is 6.51. The third-order valence-corrected chi connectivity index (χ3v) is 14.2. The maximum absolute atomic E-state index is 7.27. The molecule has 3 heterocycles. The highest BCUT2D eigenvalue weighted by Crippen LogP contribution is 2.56. The number of benzene rings is 6. The molecule has 43 heavy (non-hydrogen) atoms. The molecule has 0 atom stereocenters. The monoisotopic (exact) mass is 661 g/mol. The normalized spacial score (nSPS) is 13.3. The van der Waals surface area contributed by atoms with Crippen molar-refractivity contribution in [1.82, 2.24) is 0 Å². The standard InChI is InChI=1S/C36H20ClNS5/c37-24-19-23-22-8-1-2-10-27(22)39-34(23)20-26(24)38(21-16-17-32-35(18-21)42-29-12-4-3-11-28(29)40-32)25-9-7-15-33-36(25)43-31-14-6-5-13-30(31)41-33/h1-20H. The zero-order valence-electron chi connectivity index (χ0n) is 22.4. The molecule has 1 nitrogen and oxygen atoms in total. The minimum atomic E-state index is 0.743. The lowest BCUT2D eigenvalue weighted by atomic mass is 10.1. The van der Waals surface area contributed by atoms with Crippen molar-refractivity contribution in [2.24, 2.45) is 0 Å². The molecule has 9 rings (SSSR count). The lowest BCUT2D eigenvalue weighted by molar-refractivity contribution is 1.11. The van der Waals surface area contributed by atoms with Crippen molar-refractivity contribution >= 4 is 107 Å². The second kappa shape index (κ2) is 10.6. The zero-order valence-corrected chi connectivity index (χ0v) is 27.3. The van der Waals surface area contributed by atoms with Gasteiger partial charge in [0.25, 0.3) is 0 Å². The molecule has 0 bridgehead atoms. The van der Waals surface area contributed by atoms with Crippen LogP contribution in [0, 0.1) is 0 Å². The van der Waals surface area contributed by atoms with Crippen molar-refractivity contribution < 1.29 is 0 Å². The van der Waals surface area contributed by atoms with Crippen LogP contribution in [0.5, 0.6) is 0 Å². The smallest absolute Gasteiger partial charge is 0.0662 e. The van der Waals surface area contributed by atoms with E-state index in [1.807, 2.05) is 58.4 Å². The number of nitrogens with zero attached hydrogens (tertiary/aromatic N) is 1. The number of fused-ring (bicyclic) bond motifs is 7. The molecule has 0 unspecified atom stereocenters. The van der Waals surface area contributed by atoms with Crippen LogP contribution in [0.1, 0.15) is 0 Å². The predicted molar refractivity (Wildman–Crippen MR) is 188 cm³/mol. The molecular formula is C36H20ClNS5. The van der Waals surface area contributed by atoms with E-state index in [0.717, 1.165) is 22.1 Å². The highest BCUT2D eigenvalue weighted by Gasteiger charge is 2.27. The van der Waals surface area contributed by atoms with Gasteiger partial charge in [0, 0.05) is 60.1 Å². The predicted octanol–water partition coefficient (Wildman–Crippen LogP) is 13.4. The number of hydrogen-bond donors (Lipinski definition) is 0. The SMILES string of the molecule is Clc1cc2c(cc1N(c1ccc3c(c1)Sc1ccccc1S3)c1cccc3c1Sc1ccccc1S3)sc1ccccc12. The summed E-state index contributed by atoms with van der Waals surface area (Å²) in [6.45, 7) is 0. The summed E-state index contributed by atoms with van der Waals surface area (Å²) in [5.41, 5.74) is 3.24. The first kappa shape index (κ1) is 26.4. The molecule has 0 aliphatic carbocycles. The van der Waals surface area contributed by atoms with E-state index in [0.29, 0.717) is 0 Å². The Morgan fingerprint density at radius 3 is 1.86 bits per heavy atom. The Balaban J connectivity index is 1.26. The fourth-order valence-electron chi connectivity index (χ4n) is 5.68. The summed E-state index contributed by atoms with van der Waals surface area (Å²) in [6, 6.07) is 43.9. The first-order valence-corrected chi connectivity index (χ1v) is 18.2. The van der Waals surface area contributed by atoms with Gasteiger partial charge < -0.3 is 4.90 Å². The lowest BCUT2D eigenvalue weighted by Gasteiger charge is -2.31. The molecule has 1 aromatic heterocycles. The summed E-state index contributed by atoms with van der Waals surface area (Å²) in [7, 11) is 0. The molecule has 2 aliphatic rings. The van der Waals surface area contributed by atoms with Crippen LogP contribution in [-0.2, 0) is 0 Å². The molecule has 6 aromatic carbocycles. The van der Waals surface area contributed by atoms with E-state index in [-0.39, 0.29) is 0 Å². The summed E-state index contributed by atoms with van der Waals surface area (Å²) >= 11 is 16.5. The zero-order chi connectivity index (χ0) is 28.5. The Morgan fingerprint density at radius 2 is 1.07 bits per heavy atom. The molecule has 206 valence electrons. The highest BCUT2D eigenvalue weighted by molar-refractivity contribution is 8.05. The minimum Gasteiger partial charge on any atom is -0.308 e. The van der Waals surface area contributed by atoms with Gasteiger partial charge >= 0.3 is 0 Å². The van der Waals surface area contributed by atoms with Gasteiger partial charge in [0.05, 0.1) is 21.3 Å². The van der Waals surface area contributed by atoms with Crippen LogP contribution in [0.15, 0.2) is 160 Å². The summed E-state index contributed by atoms with van der Waals surface area (Å²) in [5.74, 6) is 0. The average Bonchev–Trinajstić information content (AvgIpc) is 3.40. The summed E-state index contributed by atoms with van der Waals surface area (Å²) in [4.78, 5) is 12.6. The summed E-state index contributed by atoms with van der Waals surface area (Å²) in [5, 5.41) is 3.20. The van der Waals surface area contributed by atoms with Gasteiger partial charge in [-0.05, 0) is 72.8 Å². The Hall–Kier alpha value is -2.97. The average molecular weight is 662 g/mol. The molecule has 7 heteroatoms.